The summed E-state index contributed by atoms with van der Waals surface area (Å²) < 4.78 is 0. The number of anilines is 1. The van der Waals surface area contributed by atoms with E-state index in [1.54, 1.807) is 12.3 Å². The number of halogens is 1. The van der Waals surface area contributed by atoms with Crippen LogP contribution in [0.5, 0.6) is 0 Å². The molecule has 13 heavy (non-hydrogen) atoms. The summed E-state index contributed by atoms with van der Waals surface area (Å²) in [4.78, 5) is 13.4. The second-order valence-electron chi connectivity index (χ2n) is 2.60. The molecule has 0 radical (unpaired) electrons. The summed E-state index contributed by atoms with van der Waals surface area (Å²) in [6.07, 6.45) is 6.54. The van der Waals surface area contributed by atoms with E-state index < -0.39 is 0 Å². The van der Waals surface area contributed by atoms with Gasteiger partial charge >= 0.3 is 0 Å². The summed E-state index contributed by atoms with van der Waals surface area (Å²) in [5.41, 5.74) is 6.37. The fourth-order valence-electron chi connectivity index (χ4n) is 0.898. The number of H-pyrrole nitrogens is 1. The van der Waals surface area contributed by atoms with Crippen molar-refractivity contribution in [1.82, 2.24) is 4.98 Å². The quantitative estimate of drug-likeness (QED) is 0.794. The molecule has 0 bridgehead atoms. The maximum atomic E-state index is 10.9. The van der Waals surface area contributed by atoms with Crippen molar-refractivity contribution in [3.63, 3.8) is 0 Å². The van der Waals surface area contributed by atoms with Crippen molar-refractivity contribution in [2.45, 2.75) is 6.42 Å². The van der Waals surface area contributed by atoms with Gasteiger partial charge in [-0.1, -0.05) is 28.1 Å². The standard InChI is InChI=1S/C9H11BrN2O/c10-4-2-1-3-7-5-8(11)9(13)12-6-7/h1,3,5-6H,2,4,11H2,(H,12,13). The molecule has 70 valence electrons. The van der Waals surface area contributed by atoms with Crippen LogP contribution in [0.4, 0.5) is 5.69 Å². The van der Waals surface area contributed by atoms with Gasteiger partial charge in [-0.05, 0) is 18.1 Å². The Morgan fingerprint density at radius 1 is 1.62 bits per heavy atom. The lowest BCUT2D eigenvalue weighted by atomic mass is 10.2. The fourth-order valence-corrected chi connectivity index (χ4v) is 1.16. The molecule has 0 aliphatic rings. The van der Waals surface area contributed by atoms with Crippen LogP contribution in [0.15, 0.2) is 23.1 Å². The molecular formula is C9H11BrN2O. The summed E-state index contributed by atoms with van der Waals surface area (Å²) in [6, 6.07) is 1.66. The maximum Gasteiger partial charge on any atom is 0.271 e. The van der Waals surface area contributed by atoms with E-state index in [-0.39, 0.29) is 11.2 Å². The van der Waals surface area contributed by atoms with E-state index in [0.29, 0.717) is 0 Å². The van der Waals surface area contributed by atoms with Gasteiger partial charge in [0, 0.05) is 11.5 Å². The Labute approximate surface area is 84.8 Å². The van der Waals surface area contributed by atoms with Gasteiger partial charge in [-0.2, -0.15) is 0 Å². The Morgan fingerprint density at radius 3 is 3.00 bits per heavy atom. The molecule has 0 aliphatic carbocycles. The van der Waals surface area contributed by atoms with E-state index in [0.717, 1.165) is 17.3 Å². The smallest absolute Gasteiger partial charge is 0.271 e. The van der Waals surface area contributed by atoms with Crippen LogP contribution < -0.4 is 11.3 Å². The predicted molar refractivity (Wildman–Crippen MR) is 58.9 cm³/mol. The number of nitrogens with one attached hydrogen (secondary N) is 1. The lowest BCUT2D eigenvalue weighted by Crippen LogP contribution is -2.10. The van der Waals surface area contributed by atoms with E-state index in [1.165, 1.54) is 0 Å². The molecule has 1 rings (SSSR count). The van der Waals surface area contributed by atoms with Crippen molar-refractivity contribution in [3.8, 4) is 0 Å². The molecule has 0 saturated heterocycles. The van der Waals surface area contributed by atoms with Gasteiger partial charge in [-0.25, -0.2) is 0 Å². The van der Waals surface area contributed by atoms with Crippen molar-refractivity contribution >= 4 is 27.7 Å². The van der Waals surface area contributed by atoms with Crippen LogP contribution in [-0.4, -0.2) is 10.3 Å². The molecule has 0 amide bonds. The first-order chi connectivity index (χ1) is 6.24. The summed E-state index contributed by atoms with van der Waals surface area (Å²) in [7, 11) is 0. The minimum Gasteiger partial charge on any atom is -0.394 e. The highest BCUT2D eigenvalue weighted by atomic mass is 79.9. The summed E-state index contributed by atoms with van der Waals surface area (Å²) in [6.45, 7) is 0. The van der Waals surface area contributed by atoms with E-state index in [2.05, 4.69) is 20.9 Å². The Hall–Kier alpha value is -1.03. The minimum absolute atomic E-state index is 0.238. The van der Waals surface area contributed by atoms with Crippen LogP contribution in [0.3, 0.4) is 0 Å². The Balaban J connectivity index is 2.79. The number of hydrogen-bond acceptors (Lipinski definition) is 2. The number of aromatic nitrogens is 1. The third-order valence-corrected chi connectivity index (χ3v) is 2.00. The van der Waals surface area contributed by atoms with Gasteiger partial charge in [0.15, 0.2) is 0 Å². The normalized spacial score (nSPS) is 10.8. The minimum atomic E-state index is -0.238. The molecule has 1 aromatic heterocycles. The molecule has 1 heterocycles. The Morgan fingerprint density at radius 2 is 2.38 bits per heavy atom. The third kappa shape index (κ3) is 3.06. The highest BCUT2D eigenvalue weighted by Crippen LogP contribution is 2.03. The van der Waals surface area contributed by atoms with Crippen LogP contribution >= 0.6 is 15.9 Å². The number of allylic oxidation sites excluding steroid dienone is 1. The topological polar surface area (TPSA) is 58.9 Å². The first-order valence-corrected chi connectivity index (χ1v) is 5.07. The van der Waals surface area contributed by atoms with Gasteiger partial charge in [0.25, 0.3) is 5.56 Å². The fraction of sp³-hybridized carbons (Fsp3) is 0.222. The number of rotatable bonds is 3. The van der Waals surface area contributed by atoms with Crippen LogP contribution in [0.2, 0.25) is 0 Å². The Bertz CT molecular complexity index is 357. The zero-order chi connectivity index (χ0) is 9.68. The van der Waals surface area contributed by atoms with E-state index in [4.69, 9.17) is 5.73 Å². The molecule has 0 atom stereocenters. The van der Waals surface area contributed by atoms with Crippen molar-refractivity contribution in [1.29, 1.82) is 0 Å². The molecule has 3 N–H and O–H groups in total. The third-order valence-electron chi connectivity index (χ3n) is 1.54. The number of hydrogen-bond donors (Lipinski definition) is 2. The molecular weight excluding hydrogens is 232 g/mol. The van der Waals surface area contributed by atoms with Crippen molar-refractivity contribution < 1.29 is 0 Å². The first kappa shape index (κ1) is 10.1. The van der Waals surface area contributed by atoms with E-state index >= 15 is 0 Å². The molecule has 4 heteroatoms. The number of alkyl halides is 1. The molecule has 0 saturated carbocycles. The average Bonchev–Trinajstić information content (AvgIpc) is 2.12. The van der Waals surface area contributed by atoms with Crippen molar-refractivity contribution in [2.24, 2.45) is 0 Å². The lowest BCUT2D eigenvalue weighted by molar-refractivity contribution is 1.23. The number of nitrogen functional groups attached to an aromatic ring is 1. The first-order valence-electron chi connectivity index (χ1n) is 3.95. The monoisotopic (exact) mass is 242 g/mol. The van der Waals surface area contributed by atoms with Gasteiger partial charge in [0.2, 0.25) is 0 Å². The van der Waals surface area contributed by atoms with E-state index in [1.807, 2.05) is 12.2 Å². The molecule has 3 nitrogen and oxygen atoms in total. The predicted octanol–water partition coefficient (Wildman–Crippen LogP) is 1.76. The van der Waals surface area contributed by atoms with Gasteiger partial charge in [-0.3, -0.25) is 4.79 Å². The van der Waals surface area contributed by atoms with Crippen molar-refractivity contribution in [2.75, 3.05) is 11.1 Å². The molecule has 1 aromatic rings. The summed E-state index contributed by atoms with van der Waals surface area (Å²) in [5.74, 6) is 0. The van der Waals surface area contributed by atoms with Crippen LogP contribution in [0, 0.1) is 0 Å². The van der Waals surface area contributed by atoms with Crippen molar-refractivity contribution in [3.05, 3.63) is 34.3 Å². The van der Waals surface area contributed by atoms with Crippen LogP contribution in [0.25, 0.3) is 6.08 Å². The van der Waals surface area contributed by atoms with Gasteiger partial charge in [-0.15, -0.1) is 0 Å². The Kier molecular flexibility index (Phi) is 3.76. The SMILES string of the molecule is Nc1cc(C=CCCBr)c[nH]c1=O. The lowest BCUT2D eigenvalue weighted by Gasteiger charge is -1.94. The number of nitrogens with two attached hydrogens (primary N) is 1. The molecule has 0 aliphatic heterocycles. The summed E-state index contributed by atoms with van der Waals surface area (Å²) >= 11 is 3.32. The number of aromatic amines is 1. The van der Waals surface area contributed by atoms with E-state index in [9.17, 15) is 4.79 Å². The molecule has 0 spiro atoms. The second-order valence-corrected chi connectivity index (χ2v) is 3.39. The highest BCUT2D eigenvalue weighted by molar-refractivity contribution is 9.09. The maximum absolute atomic E-state index is 10.9. The average molecular weight is 243 g/mol. The highest BCUT2D eigenvalue weighted by Gasteiger charge is 1.92. The van der Waals surface area contributed by atoms with Crippen LogP contribution in [0.1, 0.15) is 12.0 Å². The molecule has 0 aromatic carbocycles. The van der Waals surface area contributed by atoms with Gasteiger partial charge < -0.3 is 10.7 Å². The molecule has 0 unspecified atom stereocenters. The second kappa shape index (κ2) is 4.87. The molecule has 0 fully saturated rings. The van der Waals surface area contributed by atoms with Gasteiger partial charge in [0.05, 0.1) is 5.69 Å². The number of pyridine rings is 1. The summed E-state index contributed by atoms with van der Waals surface area (Å²) in [5, 5.41) is 0.933. The largest absolute Gasteiger partial charge is 0.394 e. The van der Waals surface area contributed by atoms with Crippen LogP contribution in [-0.2, 0) is 0 Å². The van der Waals surface area contributed by atoms with Gasteiger partial charge in [0.1, 0.15) is 0 Å². The zero-order valence-corrected chi connectivity index (χ0v) is 8.67. The zero-order valence-electron chi connectivity index (χ0n) is 7.09.